The standard InChI is InChI=1S/C28H30N2O6/c1-3-35-21-10-8-19(9-11-21)29-16-18(14-25(29)31)28(34)36-22-6-4-5-20(15-22)30-26(32)23-12-7-17(2)13-24(23)27(30)33/h4-6,8-11,15,17-18,23-24H,3,7,12-14,16H2,1-2H3/t17-,18+,23+,24+/m0/s1. The number of anilines is 2. The van der Waals surface area contributed by atoms with E-state index in [1.165, 1.54) is 4.90 Å². The van der Waals surface area contributed by atoms with Crippen LogP contribution in [0.25, 0.3) is 0 Å². The molecule has 2 heterocycles. The molecular formula is C28H30N2O6. The number of amides is 3. The summed E-state index contributed by atoms with van der Waals surface area (Å²) in [5, 5.41) is 0. The molecule has 0 spiro atoms. The maximum atomic E-state index is 13.0. The van der Waals surface area contributed by atoms with Crippen molar-refractivity contribution >= 4 is 35.1 Å². The van der Waals surface area contributed by atoms with Crippen LogP contribution in [0.3, 0.4) is 0 Å². The van der Waals surface area contributed by atoms with Gasteiger partial charge in [0.1, 0.15) is 11.5 Å². The highest BCUT2D eigenvalue weighted by atomic mass is 16.5. The summed E-state index contributed by atoms with van der Waals surface area (Å²) >= 11 is 0. The summed E-state index contributed by atoms with van der Waals surface area (Å²) in [7, 11) is 0. The second kappa shape index (κ2) is 9.76. The van der Waals surface area contributed by atoms with Crippen molar-refractivity contribution in [3.05, 3.63) is 48.5 Å². The van der Waals surface area contributed by atoms with Gasteiger partial charge in [-0.25, -0.2) is 4.90 Å². The topological polar surface area (TPSA) is 93.2 Å². The van der Waals surface area contributed by atoms with Gasteiger partial charge in [0.05, 0.1) is 30.0 Å². The van der Waals surface area contributed by atoms with E-state index >= 15 is 0 Å². The van der Waals surface area contributed by atoms with Gasteiger partial charge in [-0.05, 0) is 68.5 Å². The molecule has 3 amide bonds. The van der Waals surface area contributed by atoms with E-state index in [0.29, 0.717) is 29.6 Å². The number of nitrogens with zero attached hydrogens (tertiary/aromatic N) is 2. The van der Waals surface area contributed by atoms with Gasteiger partial charge in [-0.15, -0.1) is 0 Å². The molecule has 0 bridgehead atoms. The predicted octanol–water partition coefficient (Wildman–Crippen LogP) is 3.97. The number of hydrogen-bond acceptors (Lipinski definition) is 6. The van der Waals surface area contributed by atoms with Crippen molar-refractivity contribution in [2.45, 2.75) is 39.5 Å². The molecule has 0 radical (unpaired) electrons. The van der Waals surface area contributed by atoms with Gasteiger partial charge in [-0.1, -0.05) is 13.0 Å². The number of benzene rings is 2. The first kappa shape index (κ1) is 24.0. The quantitative estimate of drug-likeness (QED) is 0.346. The average Bonchev–Trinajstić information content (AvgIpc) is 3.37. The molecule has 3 aliphatic rings. The lowest BCUT2D eigenvalue weighted by Gasteiger charge is -2.25. The molecule has 36 heavy (non-hydrogen) atoms. The van der Waals surface area contributed by atoms with Gasteiger partial charge < -0.3 is 14.4 Å². The van der Waals surface area contributed by atoms with E-state index in [1.54, 1.807) is 53.4 Å². The van der Waals surface area contributed by atoms with Crippen LogP contribution < -0.4 is 19.3 Å². The smallest absolute Gasteiger partial charge is 0.316 e. The highest BCUT2D eigenvalue weighted by Gasteiger charge is 2.50. The Hall–Kier alpha value is -3.68. The van der Waals surface area contributed by atoms with Gasteiger partial charge in [-0.2, -0.15) is 0 Å². The number of hydrogen-bond donors (Lipinski definition) is 0. The van der Waals surface area contributed by atoms with Gasteiger partial charge in [-0.3, -0.25) is 19.2 Å². The van der Waals surface area contributed by atoms with E-state index in [4.69, 9.17) is 9.47 Å². The summed E-state index contributed by atoms with van der Waals surface area (Å²) in [6, 6.07) is 13.7. The summed E-state index contributed by atoms with van der Waals surface area (Å²) < 4.78 is 11.0. The summed E-state index contributed by atoms with van der Waals surface area (Å²) in [6.45, 7) is 4.78. The van der Waals surface area contributed by atoms with E-state index in [1.807, 2.05) is 6.92 Å². The van der Waals surface area contributed by atoms with Gasteiger partial charge in [0.15, 0.2) is 0 Å². The Labute approximate surface area is 210 Å². The van der Waals surface area contributed by atoms with Crippen LogP contribution in [0.1, 0.15) is 39.5 Å². The molecule has 0 N–H and O–H groups in total. The number of ether oxygens (including phenoxy) is 2. The molecule has 2 aromatic carbocycles. The highest BCUT2D eigenvalue weighted by Crippen LogP contribution is 2.42. The van der Waals surface area contributed by atoms with Crippen LogP contribution in [-0.4, -0.2) is 36.8 Å². The van der Waals surface area contributed by atoms with Crippen LogP contribution in [0.5, 0.6) is 11.5 Å². The highest BCUT2D eigenvalue weighted by molar-refractivity contribution is 6.22. The number of rotatable bonds is 6. The minimum Gasteiger partial charge on any atom is -0.494 e. The SMILES string of the molecule is CCOc1ccc(N2C[C@H](C(=O)Oc3cccc(N4C(=O)[C@@H]5CC[C@H](C)C[C@H]5C4=O)c3)CC2=O)cc1. The number of fused-ring (bicyclic) bond motifs is 1. The second-order valence-electron chi connectivity index (χ2n) is 9.89. The molecule has 4 atom stereocenters. The largest absolute Gasteiger partial charge is 0.494 e. The maximum Gasteiger partial charge on any atom is 0.316 e. The molecule has 188 valence electrons. The van der Waals surface area contributed by atoms with E-state index in [9.17, 15) is 19.2 Å². The van der Waals surface area contributed by atoms with Crippen LogP contribution in [0, 0.1) is 23.7 Å². The third-order valence-corrected chi connectivity index (χ3v) is 7.40. The number of imide groups is 1. The Morgan fingerprint density at radius 3 is 2.44 bits per heavy atom. The van der Waals surface area contributed by atoms with Crippen molar-refractivity contribution in [1.82, 2.24) is 0 Å². The maximum absolute atomic E-state index is 13.0. The third kappa shape index (κ3) is 4.47. The van der Waals surface area contributed by atoms with Crippen LogP contribution in [0.15, 0.2) is 48.5 Å². The van der Waals surface area contributed by atoms with Crippen molar-refractivity contribution < 1.29 is 28.7 Å². The molecular weight excluding hydrogens is 460 g/mol. The van der Waals surface area contributed by atoms with Crippen molar-refractivity contribution in [2.75, 3.05) is 23.0 Å². The molecule has 8 heteroatoms. The zero-order valence-corrected chi connectivity index (χ0v) is 20.5. The summed E-state index contributed by atoms with van der Waals surface area (Å²) in [5.41, 5.74) is 1.11. The number of carbonyl (C=O) groups is 4. The fraction of sp³-hybridized carbons (Fsp3) is 0.429. The van der Waals surface area contributed by atoms with Gasteiger partial charge >= 0.3 is 5.97 Å². The lowest BCUT2D eigenvalue weighted by molar-refractivity contribution is -0.139. The molecule has 2 aliphatic heterocycles. The van der Waals surface area contributed by atoms with Crippen LogP contribution in [-0.2, 0) is 19.2 Å². The normalized spacial score (nSPS) is 25.8. The third-order valence-electron chi connectivity index (χ3n) is 7.40. The average molecular weight is 491 g/mol. The molecule has 0 unspecified atom stereocenters. The minimum atomic E-state index is -0.618. The second-order valence-corrected chi connectivity index (χ2v) is 9.89. The summed E-state index contributed by atoms with van der Waals surface area (Å²) in [6.07, 6.45) is 2.44. The zero-order valence-electron chi connectivity index (χ0n) is 20.5. The van der Waals surface area contributed by atoms with E-state index in [0.717, 1.165) is 19.3 Å². The Kier molecular flexibility index (Phi) is 6.51. The number of esters is 1. The van der Waals surface area contributed by atoms with Gasteiger partial charge in [0.25, 0.3) is 0 Å². The Morgan fingerprint density at radius 1 is 0.944 bits per heavy atom. The van der Waals surface area contributed by atoms with Crippen molar-refractivity contribution in [3.8, 4) is 11.5 Å². The van der Waals surface area contributed by atoms with E-state index in [-0.39, 0.29) is 48.3 Å². The van der Waals surface area contributed by atoms with Crippen LogP contribution in [0.2, 0.25) is 0 Å². The summed E-state index contributed by atoms with van der Waals surface area (Å²) in [4.78, 5) is 54.4. The molecule has 3 fully saturated rings. The lowest BCUT2D eigenvalue weighted by Crippen LogP contribution is -2.31. The molecule has 0 aromatic heterocycles. The lowest BCUT2D eigenvalue weighted by atomic mass is 9.76. The molecule has 5 rings (SSSR count). The first-order valence-electron chi connectivity index (χ1n) is 12.6. The minimum absolute atomic E-state index is 0.0520. The van der Waals surface area contributed by atoms with Gasteiger partial charge in [0, 0.05) is 24.7 Å². The fourth-order valence-electron chi connectivity index (χ4n) is 5.53. The predicted molar refractivity (Wildman–Crippen MR) is 133 cm³/mol. The van der Waals surface area contributed by atoms with Crippen molar-refractivity contribution in [2.24, 2.45) is 23.7 Å². The molecule has 2 aromatic rings. The first-order valence-corrected chi connectivity index (χ1v) is 12.6. The molecule has 2 saturated heterocycles. The monoisotopic (exact) mass is 490 g/mol. The molecule has 1 aliphatic carbocycles. The van der Waals surface area contributed by atoms with Crippen LogP contribution >= 0.6 is 0 Å². The number of carbonyl (C=O) groups excluding carboxylic acids is 4. The first-order chi connectivity index (χ1) is 17.4. The Balaban J connectivity index is 1.26. The van der Waals surface area contributed by atoms with Crippen LogP contribution in [0.4, 0.5) is 11.4 Å². The Bertz CT molecular complexity index is 1190. The van der Waals surface area contributed by atoms with Crippen molar-refractivity contribution in [1.29, 1.82) is 0 Å². The molecule has 1 saturated carbocycles. The van der Waals surface area contributed by atoms with E-state index in [2.05, 4.69) is 6.92 Å². The Morgan fingerprint density at radius 2 is 1.69 bits per heavy atom. The van der Waals surface area contributed by atoms with E-state index < -0.39 is 11.9 Å². The summed E-state index contributed by atoms with van der Waals surface area (Å²) in [5.74, 6) is -0.793. The molecule has 8 nitrogen and oxygen atoms in total. The van der Waals surface area contributed by atoms with Crippen molar-refractivity contribution in [3.63, 3.8) is 0 Å². The van der Waals surface area contributed by atoms with Gasteiger partial charge in [0.2, 0.25) is 17.7 Å². The fourth-order valence-corrected chi connectivity index (χ4v) is 5.53. The zero-order chi connectivity index (χ0) is 25.4.